The van der Waals surface area contributed by atoms with Crippen molar-refractivity contribution in [3.05, 3.63) is 46.5 Å². The third-order valence-corrected chi connectivity index (χ3v) is 6.25. The molecular weight excluding hydrogens is 455 g/mol. The number of amides is 1. The molecule has 0 fully saturated rings. The van der Waals surface area contributed by atoms with Gasteiger partial charge in [0.15, 0.2) is 5.69 Å². The van der Waals surface area contributed by atoms with E-state index in [1.165, 1.54) is 29.3 Å². The van der Waals surface area contributed by atoms with E-state index in [1.54, 1.807) is 28.3 Å². The van der Waals surface area contributed by atoms with Crippen LogP contribution in [-0.2, 0) is 33.2 Å². The number of halogens is 3. The Balaban J connectivity index is 0.00000126. The van der Waals surface area contributed by atoms with Gasteiger partial charge in [0.2, 0.25) is 0 Å². The van der Waals surface area contributed by atoms with Crippen LogP contribution in [0.3, 0.4) is 0 Å². The summed E-state index contributed by atoms with van der Waals surface area (Å²) >= 11 is 1.38. The third-order valence-electron chi connectivity index (χ3n) is 5.37. The van der Waals surface area contributed by atoms with Crippen LogP contribution in [0.2, 0.25) is 0 Å². The van der Waals surface area contributed by atoms with Gasteiger partial charge in [0.05, 0.1) is 45.6 Å². The first kappa shape index (κ1) is 22.9. The van der Waals surface area contributed by atoms with Crippen LogP contribution in [0.4, 0.5) is 13.2 Å². The van der Waals surface area contributed by atoms with Crippen molar-refractivity contribution in [3.63, 3.8) is 0 Å². The maximum Gasteiger partial charge on any atom is 0.435 e. The number of thiazole rings is 1. The van der Waals surface area contributed by atoms with E-state index in [2.05, 4.69) is 20.2 Å². The molecule has 0 saturated carbocycles. The fourth-order valence-corrected chi connectivity index (χ4v) is 4.72. The predicted molar refractivity (Wildman–Crippen MR) is 118 cm³/mol. The quantitative estimate of drug-likeness (QED) is 0.435. The molecule has 0 radical (unpaired) electrons. The summed E-state index contributed by atoms with van der Waals surface area (Å²) < 4.78 is 42.9. The Bertz CT molecular complexity index is 1320. The van der Waals surface area contributed by atoms with Gasteiger partial charge in [-0.3, -0.25) is 19.1 Å². The smallest absolute Gasteiger partial charge is 0.332 e. The topological polar surface area (TPSA) is 81.7 Å². The summed E-state index contributed by atoms with van der Waals surface area (Å²) in [4.78, 5) is 23.1. The normalized spacial score (nSPS) is 13.6. The summed E-state index contributed by atoms with van der Waals surface area (Å²) in [5.74, 6) is -0.167. The molecule has 12 heteroatoms. The molecule has 33 heavy (non-hydrogen) atoms. The van der Waals surface area contributed by atoms with Gasteiger partial charge >= 0.3 is 6.18 Å². The fourth-order valence-electron chi connectivity index (χ4n) is 3.95. The van der Waals surface area contributed by atoms with Gasteiger partial charge in [0, 0.05) is 32.4 Å². The number of rotatable bonds is 2. The summed E-state index contributed by atoms with van der Waals surface area (Å²) in [5, 5.41) is 8.10. The van der Waals surface area contributed by atoms with E-state index in [1.807, 2.05) is 13.8 Å². The lowest BCUT2D eigenvalue weighted by Gasteiger charge is -2.26. The lowest BCUT2D eigenvalue weighted by Crippen LogP contribution is -2.36. The van der Waals surface area contributed by atoms with E-state index in [0.717, 1.165) is 16.3 Å². The Morgan fingerprint density at radius 3 is 2.58 bits per heavy atom. The summed E-state index contributed by atoms with van der Waals surface area (Å²) in [6.07, 6.45) is -0.895. The van der Waals surface area contributed by atoms with Crippen molar-refractivity contribution in [1.82, 2.24) is 34.4 Å². The number of nitrogens with zero attached hydrogens (tertiary/aromatic N) is 7. The van der Waals surface area contributed by atoms with Gasteiger partial charge in [0.1, 0.15) is 5.52 Å². The molecule has 0 atom stereocenters. The number of fused-ring (bicyclic) bond motifs is 2. The zero-order valence-corrected chi connectivity index (χ0v) is 19.3. The number of pyridine rings is 1. The van der Waals surface area contributed by atoms with Gasteiger partial charge in [-0.25, -0.2) is 4.98 Å². The van der Waals surface area contributed by atoms with Crippen molar-refractivity contribution in [2.45, 2.75) is 33.0 Å². The summed E-state index contributed by atoms with van der Waals surface area (Å²) in [5.41, 5.74) is 4.30. The van der Waals surface area contributed by atoms with Crippen LogP contribution in [0, 0.1) is 0 Å². The van der Waals surface area contributed by atoms with Gasteiger partial charge in [-0.05, 0) is 12.5 Å². The molecule has 0 bridgehead atoms. The maximum atomic E-state index is 13.1. The summed E-state index contributed by atoms with van der Waals surface area (Å²) in [7, 11) is 3.16. The second-order valence-corrected chi connectivity index (χ2v) is 8.15. The molecular formula is C21H22F3N7OS. The van der Waals surface area contributed by atoms with Crippen molar-refractivity contribution in [3.8, 4) is 11.4 Å². The van der Waals surface area contributed by atoms with Crippen LogP contribution in [0.15, 0.2) is 24.0 Å². The SMILES string of the molecule is CC.Cn1nc(C(F)(F)F)cc1-c1c2c(nn1C)CN(C(=O)c1cncc3ncsc13)CC2. The average molecular weight is 478 g/mol. The number of alkyl halides is 3. The van der Waals surface area contributed by atoms with Gasteiger partial charge in [-0.2, -0.15) is 23.4 Å². The molecule has 5 rings (SSSR count). The molecule has 0 saturated heterocycles. The van der Waals surface area contributed by atoms with Crippen LogP contribution >= 0.6 is 11.3 Å². The Morgan fingerprint density at radius 2 is 1.88 bits per heavy atom. The molecule has 0 aromatic carbocycles. The Hall–Kier alpha value is -3.28. The summed E-state index contributed by atoms with van der Waals surface area (Å²) in [6.45, 7) is 4.69. The minimum atomic E-state index is -4.52. The Morgan fingerprint density at radius 1 is 1.12 bits per heavy atom. The van der Waals surface area contributed by atoms with Crippen molar-refractivity contribution in [2.75, 3.05) is 6.54 Å². The number of aryl methyl sites for hydroxylation is 2. The first-order valence-corrected chi connectivity index (χ1v) is 11.2. The number of carbonyl (C=O) groups is 1. The van der Waals surface area contributed by atoms with Crippen LogP contribution in [0.5, 0.6) is 0 Å². The van der Waals surface area contributed by atoms with E-state index in [-0.39, 0.29) is 12.5 Å². The van der Waals surface area contributed by atoms with Crippen LogP contribution in [0.25, 0.3) is 21.6 Å². The zero-order chi connectivity index (χ0) is 23.9. The molecule has 8 nitrogen and oxygen atoms in total. The number of hydrogen-bond donors (Lipinski definition) is 0. The molecule has 4 aromatic heterocycles. The van der Waals surface area contributed by atoms with Gasteiger partial charge in [-0.15, -0.1) is 11.3 Å². The average Bonchev–Trinajstić information content (AvgIpc) is 3.49. The zero-order valence-electron chi connectivity index (χ0n) is 18.5. The minimum Gasteiger partial charge on any atom is -0.332 e. The third kappa shape index (κ3) is 3.99. The van der Waals surface area contributed by atoms with E-state index in [9.17, 15) is 18.0 Å². The molecule has 0 spiro atoms. The first-order valence-electron chi connectivity index (χ1n) is 10.4. The van der Waals surface area contributed by atoms with Crippen LogP contribution in [0.1, 0.15) is 41.2 Å². The maximum absolute atomic E-state index is 13.1. The fraction of sp³-hybridized carbons (Fsp3) is 0.381. The number of aromatic nitrogens is 6. The summed E-state index contributed by atoms with van der Waals surface area (Å²) in [6, 6.07) is 1.03. The van der Waals surface area contributed by atoms with Gasteiger partial charge in [0.25, 0.3) is 5.91 Å². The molecule has 0 N–H and O–H groups in total. The lowest BCUT2D eigenvalue weighted by atomic mass is 10.0. The largest absolute Gasteiger partial charge is 0.435 e. The highest BCUT2D eigenvalue weighted by Gasteiger charge is 2.36. The van der Waals surface area contributed by atoms with Crippen molar-refractivity contribution >= 4 is 27.5 Å². The van der Waals surface area contributed by atoms with Crippen LogP contribution in [-0.4, -0.2) is 46.9 Å². The highest BCUT2D eigenvalue weighted by molar-refractivity contribution is 7.17. The highest BCUT2D eigenvalue weighted by Crippen LogP contribution is 2.35. The van der Waals surface area contributed by atoms with Crippen molar-refractivity contribution in [1.29, 1.82) is 0 Å². The first-order chi connectivity index (χ1) is 15.7. The van der Waals surface area contributed by atoms with Gasteiger partial charge < -0.3 is 4.90 Å². The van der Waals surface area contributed by atoms with E-state index >= 15 is 0 Å². The minimum absolute atomic E-state index is 0.167. The van der Waals surface area contributed by atoms with Crippen LogP contribution < -0.4 is 0 Å². The van der Waals surface area contributed by atoms with E-state index in [0.29, 0.717) is 41.1 Å². The number of carbonyl (C=O) groups excluding carboxylic acids is 1. The molecule has 0 unspecified atom stereocenters. The Kier molecular flexibility index (Phi) is 5.95. The molecule has 1 aliphatic rings. The monoisotopic (exact) mass is 477 g/mol. The molecule has 1 aliphatic heterocycles. The Labute approximate surface area is 191 Å². The molecule has 174 valence electrons. The second-order valence-electron chi connectivity index (χ2n) is 7.30. The lowest BCUT2D eigenvalue weighted by molar-refractivity contribution is -0.141. The molecule has 5 heterocycles. The molecule has 0 aliphatic carbocycles. The second kappa shape index (κ2) is 8.58. The standard InChI is InChI=1S/C19H16F3N7OS.C2H6/c1-27-14(5-15(26-27)19(20,21)22)16-10-3-4-29(8-13(10)25-28(16)2)18(30)11-6-23-7-12-17(11)31-9-24-12;1-2/h5-7,9H,3-4,8H2,1-2H3;1-2H3. The van der Waals surface area contributed by atoms with E-state index in [4.69, 9.17) is 0 Å². The van der Waals surface area contributed by atoms with Gasteiger partial charge in [-0.1, -0.05) is 13.8 Å². The number of hydrogen-bond acceptors (Lipinski definition) is 6. The van der Waals surface area contributed by atoms with Crippen molar-refractivity contribution in [2.24, 2.45) is 14.1 Å². The van der Waals surface area contributed by atoms with Crippen molar-refractivity contribution < 1.29 is 18.0 Å². The highest BCUT2D eigenvalue weighted by atomic mass is 32.1. The molecule has 4 aromatic rings. The molecule has 1 amide bonds. The van der Waals surface area contributed by atoms with E-state index < -0.39 is 11.9 Å². The predicted octanol–water partition coefficient (Wildman–Crippen LogP) is 4.07.